The summed E-state index contributed by atoms with van der Waals surface area (Å²) in [5, 5.41) is 1.37. The van der Waals surface area contributed by atoms with Crippen LogP contribution in [0, 0.1) is 0 Å². The molecular formula is C27H28N2. The van der Waals surface area contributed by atoms with E-state index in [1.165, 1.54) is 27.6 Å². The van der Waals surface area contributed by atoms with Gasteiger partial charge in [-0.2, -0.15) is 0 Å². The molecule has 0 radical (unpaired) electrons. The molecule has 4 aromatic rings. The van der Waals surface area contributed by atoms with E-state index < -0.39 is 0 Å². The molecule has 1 heterocycles. The highest BCUT2D eigenvalue weighted by molar-refractivity contribution is 5.83. The van der Waals surface area contributed by atoms with Gasteiger partial charge in [-0.25, -0.2) is 0 Å². The molecule has 0 spiro atoms. The molecule has 0 atom stereocenters. The van der Waals surface area contributed by atoms with E-state index in [0.29, 0.717) is 0 Å². The van der Waals surface area contributed by atoms with Crippen LogP contribution < -0.4 is 0 Å². The average Bonchev–Trinajstić information content (AvgIpc) is 3.09. The topological polar surface area (TPSA) is 8.17 Å². The standard InChI is InChI=1S/C27H28N2/c1-28-22-25(26-16-8-9-17-27(26)28)18-20-29(21-24-13-6-3-7-14-24)19-10-15-23-11-4-2-5-12-23/h2-17,22H,18-21H2,1H3. The average molecular weight is 381 g/mol. The summed E-state index contributed by atoms with van der Waals surface area (Å²) in [7, 11) is 2.14. The number of nitrogens with zero attached hydrogens (tertiary/aromatic N) is 2. The zero-order valence-electron chi connectivity index (χ0n) is 17.0. The second-order valence-corrected chi connectivity index (χ2v) is 7.57. The summed E-state index contributed by atoms with van der Waals surface area (Å²) >= 11 is 0. The van der Waals surface area contributed by atoms with Crippen LogP contribution >= 0.6 is 0 Å². The third kappa shape index (κ3) is 5.04. The normalized spacial score (nSPS) is 11.7. The van der Waals surface area contributed by atoms with Crippen molar-refractivity contribution in [3.8, 4) is 0 Å². The molecule has 0 aliphatic rings. The second-order valence-electron chi connectivity index (χ2n) is 7.57. The predicted octanol–water partition coefficient (Wildman–Crippen LogP) is 5.94. The number of hydrogen-bond acceptors (Lipinski definition) is 1. The van der Waals surface area contributed by atoms with Crippen LogP contribution in [0.3, 0.4) is 0 Å². The first-order chi connectivity index (χ1) is 14.3. The molecule has 0 N–H and O–H groups in total. The van der Waals surface area contributed by atoms with Gasteiger partial charge in [0.25, 0.3) is 0 Å². The molecule has 0 bridgehead atoms. The van der Waals surface area contributed by atoms with Gasteiger partial charge in [0.05, 0.1) is 0 Å². The molecular weight excluding hydrogens is 352 g/mol. The summed E-state index contributed by atoms with van der Waals surface area (Å²) < 4.78 is 2.24. The van der Waals surface area contributed by atoms with Crippen molar-refractivity contribution in [2.75, 3.05) is 13.1 Å². The van der Waals surface area contributed by atoms with Gasteiger partial charge in [0.15, 0.2) is 0 Å². The molecule has 4 rings (SSSR count). The molecule has 3 aromatic carbocycles. The van der Waals surface area contributed by atoms with Gasteiger partial charge in [0.2, 0.25) is 0 Å². The fraction of sp³-hybridized carbons (Fsp3) is 0.185. The van der Waals surface area contributed by atoms with Crippen LogP contribution in [0.5, 0.6) is 0 Å². The highest BCUT2D eigenvalue weighted by Crippen LogP contribution is 2.21. The number of para-hydroxylation sites is 1. The van der Waals surface area contributed by atoms with E-state index in [1.54, 1.807) is 0 Å². The molecule has 29 heavy (non-hydrogen) atoms. The highest BCUT2D eigenvalue weighted by atomic mass is 15.1. The third-order valence-electron chi connectivity index (χ3n) is 5.40. The highest BCUT2D eigenvalue weighted by Gasteiger charge is 2.09. The van der Waals surface area contributed by atoms with Crippen LogP contribution in [0.15, 0.2) is 97.2 Å². The minimum absolute atomic E-state index is 0.939. The van der Waals surface area contributed by atoms with E-state index in [1.807, 2.05) is 0 Å². The number of rotatable bonds is 8. The molecule has 0 saturated heterocycles. The Hall–Kier alpha value is -3.10. The Bertz CT molecular complexity index is 1060. The number of benzene rings is 3. The van der Waals surface area contributed by atoms with Crippen LogP contribution in [-0.2, 0) is 20.0 Å². The van der Waals surface area contributed by atoms with Gasteiger partial charge >= 0.3 is 0 Å². The summed E-state index contributed by atoms with van der Waals surface area (Å²) in [6.45, 7) is 2.93. The smallest absolute Gasteiger partial charge is 0.0480 e. The van der Waals surface area contributed by atoms with Gasteiger partial charge in [0.1, 0.15) is 0 Å². The van der Waals surface area contributed by atoms with Crippen LogP contribution in [0.2, 0.25) is 0 Å². The van der Waals surface area contributed by atoms with Gasteiger partial charge < -0.3 is 4.57 Å². The fourth-order valence-electron chi connectivity index (χ4n) is 3.88. The lowest BCUT2D eigenvalue weighted by molar-refractivity contribution is 0.299. The third-order valence-corrected chi connectivity index (χ3v) is 5.40. The lowest BCUT2D eigenvalue weighted by Gasteiger charge is -2.21. The first-order valence-corrected chi connectivity index (χ1v) is 10.3. The van der Waals surface area contributed by atoms with Crippen molar-refractivity contribution >= 4 is 17.0 Å². The van der Waals surface area contributed by atoms with E-state index in [4.69, 9.17) is 0 Å². The molecule has 0 fully saturated rings. The summed E-state index contributed by atoms with van der Waals surface area (Å²) in [4.78, 5) is 2.52. The second kappa shape index (κ2) is 9.40. The van der Waals surface area contributed by atoms with Crippen molar-refractivity contribution in [2.24, 2.45) is 7.05 Å². The SMILES string of the molecule is Cn1cc(CCN(CC=Cc2ccccc2)Cc2ccccc2)c2ccccc21. The number of aromatic nitrogens is 1. The number of aryl methyl sites for hydroxylation is 1. The van der Waals surface area contributed by atoms with Crippen molar-refractivity contribution in [1.82, 2.24) is 9.47 Å². The fourth-order valence-corrected chi connectivity index (χ4v) is 3.88. The van der Waals surface area contributed by atoms with Crippen LogP contribution in [0.4, 0.5) is 0 Å². The molecule has 146 valence electrons. The quantitative estimate of drug-likeness (QED) is 0.367. The van der Waals surface area contributed by atoms with Gasteiger partial charge in [-0.15, -0.1) is 0 Å². The maximum atomic E-state index is 2.52. The molecule has 0 aliphatic carbocycles. The predicted molar refractivity (Wildman–Crippen MR) is 124 cm³/mol. The zero-order chi connectivity index (χ0) is 19.9. The summed E-state index contributed by atoms with van der Waals surface area (Å²) in [5.41, 5.74) is 5.34. The summed E-state index contributed by atoms with van der Waals surface area (Å²) in [6, 6.07) is 30.0. The van der Waals surface area contributed by atoms with Crippen LogP contribution in [-0.4, -0.2) is 22.6 Å². The van der Waals surface area contributed by atoms with Crippen LogP contribution in [0.1, 0.15) is 16.7 Å². The zero-order valence-corrected chi connectivity index (χ0v) is 17.0. The van der Waals surface area contributed by atoms with E-state index >= 15 is 0 Å². The van der Waals surface area contributed by atoms with E-state index in [-0.39, 0.29) is 0 Å². The van der Waals surface area contributed by atoms with Crippen molar-refractivity contribution in [2.45, 2.75) is 13.0 Å². The molecule has 0 amide bonds. The molecule has 1 aromatic heterocycles. The lowest BCUT2D eigenvalue weighted by atomic mass is 10.1. The van der Waals surface area contributed by atoms with Crippen molar-refractivity contribution in [3.05, 3.63) is 114 Å². The molecule has 0 aliphatic heterocycles. The minimum atomic E-state index is 0.939. The Morgan fingerprint density at radius 2 is 1.52 bits per heavy atom. The first kappa shape index (κ1) is 19.2. The monoisotopic (exact) mass is 380 g/mol. The van der Waals surface area contributed by atoms with E-state index in [9.17, 15) is 0 Å². The first-order valence-electron chi connectivity index (χ1n) is 10.3. The summed E-state index contributed by atoms with van der Waals surface area (Å²) in [6.07, 6.45) is 7.83. The Balaban J connectivity index is 1.47. The molecule has 0 unspecified atom stereocenters. The van der Waals surface area contributed by atoms with Crippen molar-refractivity contribution in [1.29, 1.82) is 0 Å². The Morgan fingerprint density at radius 3 is 2.31 bits per heavy atom. The molecule has 2 nitrogen and oxygen atoms in total. The Kier molecular flexibility index (Phi) is 6.23. The maximum Gasteiger partial charge on any atom is 0.0480 e. The molecule has 2 heteroatoms. The van der Waals surface area contributed by atoms with Crippen LogP contribution in [0.25, 0.3) is 17.0 Å². The van der Waals surface area contributed by atoms with Gasteiger partial charge in [-0.3, -0.25) is 4.90 Å². The number of hydrogen-bond donors (Lipinski definition) is 0. The van der Waals surface area contributed by atoms with Gasteiger partial charge in [-0.1, -0.05) is 91.0 Å². The Labute approximate surface area is 173 Å². The van der Waals surface area contributed by atoms with Crippen molar-refractivity contribution in [3.63, 3.8) is 0 Å². The van der Waals surface area contributed by atoms with E-state index in [2.05, 4.69) is 120 Å². The largest absolute Gasteiger partial charge is 0.350 e. The lowest BCUT2D eigenvalue weighted by Crippen LogP contribution is -2.25. The summed E-state index contributed by atoms with van der Waals surface area (Å²) in [5.74, 6) is 0. The maximum absolute atomic E-state index is 2.52. The van der Waals surface area contributed by atoms with Gasteiger partial charge in [0, 0.05) is 43.8 Å². The van der Waals surface area contributed by atoms with E-state index in [0.717, 1.165) is 26.1 Å². The molecule has 0 saturated carbocycles. The number of fused-ring (bicyclic) bond motifs is 1. The Morgan fingerprint density at radius 1 is 0.828 bits per heavy atom. The van der Waals surface area contributed by atoms with Crippen molar-refractivity contribution < 1.29 is 0 Å². The van der Waals surface area contributed by atoms with Gasteiger partial charge in [-0.05, 0) is 29.2 Å². The minimum Gasteiger partial charge on any atom is -0.350 e.